The summed E-state index contributed by atoms with van der Waals surface area (Å²) in [6, 6.07) is 0. The quantitative estimate of drug-likeness (QED) is 0.327. The highest BCUT2D eigenvalue weighted by Crippen LogP contribution is 2.08. The summed E-state index contributed by atoms with van der Waals surface area (Å²) < 4.78 is 4.35. The first-order chi connectivity index (χ1) is 5.07. The molecule has 12 heavy (non-hydrogen) atoms. The summed E-state index contributed by atoms with van der Waals surface area (Å²) in [4.78, 5) is 10.6. The van der Waals surface area contributed by atoms with Gasteiger partial charge in [-0.05, 0) is 0 Å². The van der Waals surface area contributed by atoms with Gasteiger partial charge in [-0.3, -0.25) is 10.2 Å². The second kappa shape index (κ2) is 7.52. The van der Waals surface area contributed by atoms with E-state index in [1.165, 1.54) is 7.11 Å². The Morgan fingerprint density at radius 2 is 2.33 bits per heavy atom. The van der Waals surface area contributed by atoms with E-state index in [1.54, 1.807) is 0 Å². The molecular formula is C5H10Cl2N2O2S. The van der Waals surface area contributed by atoms with Crippen molar-refractivity contribution in [2.75, 3.05) is 12.9 Å². The summed E-state index contributed by atoms with van der Waals surface area (Å²) in [6.45, 7) is 0. The van der Waals surface area contributed by atoms with Crippen LogP contribution >= 0.6 is 35.8 Å². The highest BCUT2D eigenvalue weighted by Gasteiger charge is 2.15. The lowest BCUT2D eigenvalue weighted by atomic mass is 10.5. The first-order valence-corrected chi connectivity index (χ1v) is 4.19. The van der Waals surface area contributed by atoms with Gasteiger partial charge in [-0.25, -0.2) is 0 Å². The number of esters is 1. The van der Waals surface area contributed by atoms with Crippen molar-refractivity contribution in [1.29, 1.82) is 5.41 Å². The average Bonchev–Trinajstić information content (AvgIpc) is 1.98. The predicted molar refractivity (Wildman–Crippen MR) is 53.3 cm³/mol. The molecule has 0 fully saturated rings. The molecule has 72 valence electrons. The zero-order valence-electron chi connectivity index (χ0n) is 6.37. The van der Waals surface area contributed by atoms with Crippen LogP contribution in [-0.2, 0) is 9.53 Å². The Labute approximate surface area is 86.1 Å². The van der Waals surface area contributed by atoms with Crippen LogP contribution in [0.4, 0.5) is 0 Å². The summed E-state index contributed by atoms with van der Waals surface area (Å²) in [5.41, 5.74) is 5.02. The number of amidine groups is 1. The number of thioether (sulfide) groups is 1. The van der Waals surface area contributed by atoms with Crippen molar-refractivity contribution in [2.24, 2.45) is 5.73 Å². The van der Waals surface area contributed by atoms with Crippen molar-refractivity contribution < 1.29 is 9.53 Å². The van der Waals surface area contributed by atoms with E-state index in [4.69, 9.17) is 22.7 Å². The molecule has 0 rings (SSSR count). The number of alkyl halides is 1. The summed E-state index contributed by atoms with van der Waals surface area (Å²) in [6.07, 6.45) is 0. The van der Waals surface area contributed by atoms with Gasteiger partial charge in [0, 0.05) is 5.75 Å². The predicted octanol–water partition coefficient (Wildman–Crippen LogP) is 0.815. The molecule has 0 bridgehead atoms. The maximum Gasteiger partial charge on any atom is 0.324 e. The third kappa shape index (κ3) is 6.57. The number of carbonyl (C=O) groups excluding carboxylic acids is 1. The van der Waals surface area contributed by atoms with Crippen LogP contribution in [0.5, 0.6) is 0 Å². The first kappa shape index (κ1) is 14.4. The Kier molecular flexibility index (Phi) is 9.02. The Hall–Kier alpha value is -0.130. The van der Waals surface area contributed by atoms with Crippen molar-refractivity contribution in [3.8, 4) is 0 Å². The Morgan fingerprint density at radius 1 is 1.83 bits per heavy atom. The van der Waals surface area contributed by atoms with E-state index in [1.807, 2.05) is 0 Å². The van der Waals surface area contributed by atoms with Gasteiger partial charge < -0.3 is 10.5 Å². The van der Waals surface area contributed by atoms with Gasteiger partial charge in [0.05, 0.1) is 7.11 Å². The average molecular weight is 233 g/mol. The fraction of sp³-hybridized carbons (Fsp3) is 0.600. The van der Waals surface area contributed by atoms with Crippen LogP contribution < -0.4 is 5.73 Å². The maximum absolute atomic E-state index is 10.6. The molecule has 4 nitrogen and oxygen atoms in total. The number of rotatable bonds is 3. The lowest BCUT2D eigenvalue weighted by molar-refractivity contribution is -0.139. The molecular weight excluding hydrogens is 223 g/mol. The monoisotopic (exact) mass is 232 g/mol. The molecule has 0 aliphatic rings. The molecule has 7 heteroatoms. The van der Waals surface area contributed by atoms with Gasteiger partial charge in [-0.2, -0.15) is 0 Å². The van der Waals surface area contributed by atoms with Crippen molar-refractivity contribution in [1.82, 2.24) is 0 Å². The SMILES string of the molecule is COC(=O)C(Cl)CSC(=N)N.Cl. The molecule has 0 spiro atoms. The van der Waals surface area contributed by atoms with Crippen LogP contribution in [0.15, 0.2) is 0 Å². The van der Waals surface area contributed by atoms with E-state index in [9.17, 15) is 4.79 Å². The van der Waals surface area contributed by atoms with Crippen molar-refractivity contribution in [3.63, 3.8) is 0 Å². The van der Waals surface area contributed by atoms with E-state index in [-0.39, 0.29) is 23.3 Å². The molecule has 0 heterocycles. The molecule has 0 aliphatic carbocycles. The summed E-state index contributed by atoms with van der Waals surface area (Å²) in [5.74, 6) is -0.232. The minimum atomic E-state index is -0.728. The number of nitrogens with one attached hydrogen (secondary N) is 1. The van der Waals surface area contributed by atoms with Gasteiger partial charge in [0.1, 0.15) is 5.38 Å². The van der Waals surface area contributed by atoms with E-state index in [0.29, 0.717) is 0 Å². The van der Waals surface area contributed by atoms with E-state index in [2.05, 4.69) is 4.74 Å². The number of hydrogen-bond acceptors (Lipinski definition) is 4. The van der Waals surface area contributed by atoms with Crippen LogP contribution in [0.1, 0.15) is 0 Å². The second-order valence-electron chi connectivity index (χ2n) is 1.67. The van der Waals surface area contributed by atoms with Gasteiger partial charge in [-0.1, -0.05) is 11.8 Å². The van der Waals surface area contributed by atoms with Gasteiger partial charge in [-0.15, -0.1) is 24.0 Å². The third-order valence-corrected chi connectivity index (χ3v) is 2.17. The van der Waals surface area contributed by atoms with E-state index >= 15 is 0 Å². The number of halogens is 2. The second-order valence-corrected chi connectivity index (χ2v) is 3.25. The molecule has 0 saturated carbocycles. The largest absolute Gasteiger partial charge is 0.468 e. The zero-order valence-corrected chi connectivity index (χ0v) is 8.76. The Bertz CT molecular complexity index is 168. The van der Waals surface area contributed by atoms with Crippen LogP contribution in [0, 0.1) is 5.41 Å². The highest BCUT2D eigenvalue weighted by atomic mass is 35.5. The molecule has 0 aromatic heterocycles. The lowest BCUT2D eigenvalue weighted by Gasteiger charge is -2.04. The van der Waals surface area contributed by atoms with Crippen molar-refractivity contribution in [2.45, 2.75) is 5.38 Å². The van der Waals surface area contributed by atoms with Gasteiger partial charge >= 0.3 is 5.97 Å². The number of ether oxygens (including phenoxy) is 1. The Morgan fingerprint density at radius 3 is 2.67 bits per heavy atom. The third-order valence-electron chi connectivity index (χ3n) is 0.842. The molecule has 0 radical (unpaired) electrons. The van der Waals surface area contributed by atoms with Crippen LogP contribution in [0.25, 0.3) is 0 Å². The minimum Gasteiger partial charge on any atom is -0.468 e. The van der Waals surface area contributed by atoms with E-state index < -0.39 is 11.3 Å². The Balaban J connectivity index is 0. The van der Waals surface area contributed by atoms with Gasteiger partial charge in [0.15, 0.2) is 5.17 Å². The molecule has 0 amide bonds. The standard InChI is InChI=1S/C5H9ClN2O2S.ClH/c1-10-4(9)3(6)2-11-5(7)8;/h3H,2H2,1H3,(H3,7,8);1H. The summed E-state index contributed by atoms with van der Waals surface area (Å²) >= 11 is 6.54. The fourth-order valence-corrected chi connectivity index (χ4v) is 1.10. The topological polar surface area (TPSA) is 76.2 Å². The summed E-state index contributed by atoms with van der Waals surface area (Å²) in [7, 11) is 1.26. The smallest absolute Gasteiger partial charge is 0.324 e. The normalized spacial score (nSPS) is 11.2. The molecule has 0 aromatic rings. The van der Waals surface area contributed by atoms with E-state index in [0.717, 1.165) is 11.8 Å². The van der Waals surface area contributed by atoms with Crippen LogP contribution in [0.3, 0.4) is 0 Å². The van der Waals surface area contributed by atoms with Crippen molar-refractivity contribution >= 4 is 46.9 Å². The number of nitrogens with two attached hydrogens (primary N) is 1. The fourth-order valence-electron chi connectivity index (χ4n) is 0.359. The maximum atomic E-state index is 10.6. The number of methoxy groups -OCH3 is 1. The molecule has 1 unspecified atom stereocenters. The van der Waals surface area contributed by atoms with Crippen molar-refractivity contribution in [3.05, 3.63) is 0 Å². The lowest BCUT2D eigenvalue weighted by Crippen LogP contribution is -2.20. The molecule has 0 aliphatic heterocycles. The molecule has 1 atom stereocenters. The summed E-state index contributed by atoms with van der Waals surface area (Å²) in [5, 5.41) is 6.03. The van der Waals surface area contributed by atoms with Gasteiger partial charge in [0.25, 0.3) is 0 Å². The number of hydrogen-bond donors (Lipinski definition) is 2. The molecule has 0 saturated heterocycles. The minimum absolute atomic E-state index is 0. The van der Waals surface area contributed by atoms with Crippen LogP contribution in [0.2, 0.25) is 0 Å². The van der Waals surface area contributed by atoms with Gasteiger partial charge in [0.2, 0.25) is 0 Å². The molecule has 0 aromatic carbocycles. The number of carbonyl (C=O) groups is 1. The van der Waals surface area contributed by atoms with Crippen LogP contribution in [-0.4, -0.2) is 29.4 Å². The molecule has 3 N–H and O–H groups in total. The highest BCUT2D eigenvalue weighted by molar-refractivity contribution is 8.13. The first-order valence-electron chi connectivity index (χ1n) is 2.76. The zero-order chi connectivity index (χ0) is 8.85.